The lowest BCUT2D eigenvalue weighted by Gasteiger charge is -2.17. The first-order valence-electron chi connectivity index (χ1n) is 16.3. The second-order valence-corrected chi connectivity index (χ2v) is 12.3. The third kappa shape index (κ3) is 4.24. The molecule has 5 nitrogen and oxygen atoms in total. The van der Waals surface area contributed by atoms with Gasteiger partial charge in [0, 0.05) is 32.7 Å². The summed E-state index contributed by atoms with van der Waals surface area (Å²) in [6.45, 7) is 0. The number of fused-ring (bicyclic) bond motifs is 6. The van der Waals surface area contributed by atoms with Crippen molar-refractivity contribution in [2.24, 2.45) is 0 Å². The van der Waals surface area contributed by atoms with Crippen LogP contribution in [-0.2, 0) is 0 Å². The van der Waals surface area contributed by atoms with Crippen molar-refractivity contribution < 1.29 is 0 Å². The molecule has 9 rings (SSSR count). The third-order valence-corrected chi connectivity index (χ3v) is 9.64. The van der Waals surface area contributed by atoms with Crippen molar-refractivity contribution in [3.8, 4) is 51.8 Å². The average molecular weight is 636 g/mol. The molecule has 9 aromatic rings. The van der Waals surface area contributed by atoms with Gasteiger partial charge in [-0.1, -0.05) is 97.1 Å². The van der Waals surface area contributed by atoms with E-state index >= 15 is 0 Å². The van der Waals surface area contributed by atoms with Crippen LogP contribution in [0.4, 0.5) is 0 Å². The molecule has 0 aliphatic rings. The molecule has 7 aromatic carbocycles. The van der Waals surface area contributed by atoms with Crippen molar-refractivity contribution in [3.05, 3.63) is 168 Å². The Kier molecular flexibility index (Phi) is 6.56. The lowest BCUT2D eigenvalue weighted by molar-refractivity contribution is 1.17. The predicted octanol–water partition coefficient (Wildman–Crippen LogP) is 10.8. The van der Waals surface area contributed by atoms with E-state index in [9.17, 15) is 15.8 Å². The van der Waals surface area contributed by atoms with Gasteiger partial charge in [-0.3, -0.25) is 0 Å². The van der Waals surface area contributed by atoms with Crippen molar-refractivity contribution in [1.29, 1.82) is 15.8 Å². The second-order valence-electron chi connectivity index (χ2n) is 12.3. The van der Waals surface area contributed by atoms with E-state index in [1.165, 1.54) is 0 Å². The fourth-order valence-corrected chi connectivity index (χ4v) is 7.51. The van der Waals surface area contributed by atoms with E-state index in [1.807, 2.05) is 109 Å². The monoisotopic (exact) mass is 635 g/mol. The number of hydrogen-bond acceptors (Lipinski definition) is 3. The second kappa shape index (κ2) is 11.4. The summed E-state index contributed by atoms with van der Waals surface area (Å²) in [5.41, 5.74) is 10.8. The summed E-state index contributed by atoms with van der Waals surface area (Å²) < 4.78 is 4.32. The van der Waals surface area contributed by atoms with Gasteiger partial charge >= 0.3 is 0 Å². The van der Waals surface area contributed by atoms with Crippen LogP contribution in [0.15, 0.2) is 152 Å². The summed E-state index contributed by atoms with van der Waals surface area (Å²) in [6.07, 6.45) is 0. The van der Waals surface area contributed by atoms with Crippen LogP contribution in [0.2, 0.25) is 0 Å². The summed E-state index contributed by atoms with van der Waals surface area (Å²) in [6, 6.07) is 57.7. The molecule has 2 aromatic heterocycles. The molecule has 50 heavy (non-hydrogen) atoms. The van der Waals surface area contributed by atoms with Crippen LogP contribution in [0, 0.1) is 34.0 Å². The van der Waals surface area contributed by atoms with E-state index in [4.69, 9.17) is 0 Å². The number of benzene rings is 7. The van der Waals surface area contributed by atoms with Crippen LogP contribution < -0.4 is 0 Å². The summed E-state index contributed by atoms with van der Waals surface area (Å²) in [4.78, 5) is 0. The fourth-order valence-electron chi connectivity index (χ4n) is 7.51. The minimum absolute atomic E-state index is 0.533. The Morgan fingerprint density at radius 2 is 0.960 bits per heavy atom. The van der Waals surface area contributed by atoms with E-state index in [2.05, 4.69) is 69.8 Å². The molecule has 0 bridgehead atoms. The number of nitriles is 3. The first-order valence-corrected chi connectivity index (χ1v) is 16.3. The van der Waals surface area contributed by atoms with Gasteiger partial charge in [0.1, 0.15) is 12.1 Å². The third-order valence-electron chi connectivity index (χ3n) is 9.64. The molecule has 0 amide bonds. The van der Waals surface area contributed by atoms with E-state index in [1.54, 1.807) is 0 Å². The van der Waals surface area contributed by atoms with Crippen molar-refractivity contribution in [2.75, 3.05) is 0 Å². The Hall–Kier alpha value is -7.39. The average Bonchev–Trinajstić information content (AvgIpc) is 3.69. The first-order chi connectivity index (χ1) is 24.7. The van der Waals surface area contributed by atoms with Gasteiger partial charge in [0.05, 0.1) is 56.2 Å². The first kappa shape index (κ1) is 28.8. The topological polar surface area (TPSA) is 81.2 Å². The van der Waals surface area contributed by atoms with Crippen LogP contribution in [0.5, 0.6) is 0 Å². The van der Waals surface area contributed by atoms with E-state index in [-0.39, 0.29) is 0 Å². The zero-order valence-electron chi connectivity index (χ0n) is 26.7. The highest BCUT2D eigenvalue weighted by molar-refractivity contribution is 6.11. The van der Waals surface area contributed by atoms with Crippen LogP contribution in [0.25, 0.3) is 77.2 Å². The molecule has 0 saturated heterocycles. The Labute approximate surface area is 287 Å². The molecule has 230 valence electrons. The lowest BCUT2D eigenvalue weighted by atomic mass is 9.93. The van der Waals surface area contributed by atoms with Gasteiger partial charge in [-0.05, 0) is 65.7 Å². The number of rotatable bonds is 4. The normalized spacial score (nSPS) is 11.1. The van der Waals surface area contributed by atoms with Crippen LogP contribution in [0.3, 0.4) is 0 Å². The Morgan fingerprint density at radius 3 is 1.62 bits per heavy atom. The summed E-state index contributed by atoms with van der Waals surface area (Å²) in [5, 5.41) is 35.1. The summed E-state index contributed by atoms with van der Waals surface area (Å²) >= 11 is 0. The van der Waals surface area contributed by atoms with Gasteiger partial charge < -0.3 is 9.13 Å². The molecule has 0 aliphatic carbocycles. The molecule has 0 aliphatic heterocycles. The quantitative estimate of drug-likeness (QED) is 0.193. The van der Waals surface area contributed by atoms with Crippen molar-refractivity contribution in [1.82, 2.24) is 9.13 Å². The predicted molar refractivity (Wildman–Crippen MR) is 200 cm³/mol. The lowest BCUT2D eigenvalue weighted by Crippen LogP contribution is -2.01. The zero-order valence-corrected chi connectivity index (χ0v) is 26.7. The highest BCUT2D eigenvalue weighted by Gasteiger charge is 2.21. The van der Waals surface area contributed by atoms with Crippen molar-refractivity contribution in [2.45, 2.75) is 0 Å². The van der Waals surface area contributed by atoms with Crippen LogP contribution in [-0.4, -0.2) is 9.13 Å². The molecule has 5 heteroatoms. The number of aromatic nitrogens is 2. The minimum Gasteiger partial charge on any atom is -0.308 e. The maximum atomic E-state index is 10.7. The molecule has 0 spiro atoms. The maximum Gasteiger partial charge on any atom is 0.102 e. The molecule has 2 heterocycles. The summed E-state index contributed by atoms with van der Waals surface area (Å²) in [7, 11) is 0. The van der Waals surface area contributed by atoms with Crippen LogP contribution in [0.1, 0.15) is 16.7 Å². The van der Waals surface area contributed by atoms with Crippen molar-refractivity contribution in [3.63, 3.8) is 0 Å². The van der Waals surface area contributed by atoms with Crippen molar-refractivity contribution >= 4 is 43.6 Å². The van der Waals surface area contributed by atoms with Gasteiger partial charge in [-0.15, -0.1) is 0 Å². The van der Waals surface area contributed by atoms with Gasteiger partial charge in [-0.2, -0.15) is 15.8 Å². The van der Waals surface area contributed by atoms with Gasteiger partial charge in [-0.25, -0.2) is 0 Å². The van der Waals surface area contributed by atoms with E-state index in [0.29, 0.717) is 16.7 Å². The Bertz CT molecular complexity index is 2920. The van der Waals surface area contributed by atoms with Gasteiger partial charge in [0.25, 0.3) is 0 Å². The molecular formula is C45H25N5. The smallest absolute Gasteiger partial charge is 0.102 e. The van der Waals surface area contributed by atoms with Crippen LogP contribution >= 0.6 is 0 Å². The van der Waals surface area contributed by atoms with Gasteiger partial charge in [0.15, 0.2) is 0 Å². The molecule has 0 atom stereocenters. The molecule has 0 unspecified atom stereocenters. The number of para-hydroxylation sites is 4. The maximum absolute atomic E-state index is 10.7. The SMILES string of the molecule is N#Cc1ccc2c(c1)c1ccccc1n2-c1c(C#N)cccc1-c1cccc(-c2cccc(-n3c4ccccc4c4ccccc43)c2C#N)c1. The summed E-state index contributed by atoms with van der Waals surface area (Å²) in [5.74, 6) is 0. The standard InChI is InChI=1S/C45H25N5/c46-26-29-22-23-44-38(24-29)37-15-3-6-20-42(37)50(44)45-32(27-47)12-8-17-34(45)31-11-7-10-30(25-31)33-16-9-21-43(39(33)28-48)49-40-18-4-1-13-35(40)36-14-2-5-19-41(36)49/h1-25H. The van der Waals surface area contributed by atoms with Gasteiger partial charge in [0.2, 0.25) is 0 Å². The Morgan fingerprint density at radius 1 is 0.400 bits per heavy atom. The van der Waals surface area contributed by atoms with E-state index in [0.717, 1.165) is 77.2 Å². The number of hydrogen-bond donors (Lipinski definition) is 0. The fraction of sp³-hybridized carbons (Fsp3) is 0. The minimum atomic E-state index is 0.533. The van der Waals surface area contributed by atoms with E-state index < -0.39 is 0 Å². The molecular weight excluding hydrogens is 611 g/mol. The molecule has 0 N–H and O–H groups in total. The molecule has 0 fully saturated rings. The zero-order chi connectivity index (χ0) is 33.8. The Balaban J connectivity index is 1.27. The highest BCUT2D eigenvalue weighted by Crippen LogP contribution is 2.40. The number of nitrogens with zero attached hydrogens (tertiary/aromatic N) is 5. The largest absolute Gasteiger partial charge is 0.308 e. The highest BCUT2D eigenvalue weighted by atomic mass is 15.0. The molecule has 0 saturated carbocycles. The molecule has 0 radical (unpaired) electrons.